The number of nitrogens with zero attached hydrogens (tertiary/aromatic N) is 3. The fraction of sp³-hybridized carbons (Fsp3) is 0.250. The quantitative estimate of drug-likeness (QED) is 0.452. The van der Waals surface area contributed by atoms with Gasteiger partial charge in [0.15, 0.2) is 11.6 Å². The summed E-state index contributed by atoms with van der Waals surface area (Å²) in [6.07, 6.45) is 2.45. The van der Waals surface area contributed by atoms with Gasteiger partial charge in [-0.3, -0.25) is 0 Å². The molecule has 1 aromatic carbocycles. The van der Waals surface area contributed by atoms with Crippen molar-refractivity contribution < 1.29 is 18.7 Å². The lowest BCUT2D eigenvalue weighted by Gasteiger charge is -2.29. The molecule has 1 saturated heterocycles. The van der Waals surface area contributed by atoms with Crippen molar-refractivity contribution in [2.75, 3.05) is 18.0 Å². The number of aliphatic carboxylic acids is 1. The fourth-order valence-corrected chi connectivity index (χ4v) is 4.53. The second-order valence-corrected chi connectivity index (χ2v) is 8.13. The van der Waals surface area contributed by atoms with Gasteiger partial charge in [0.05, 0.1) is 20.8 Å². The van der Waals surface area contributed by atoms with E-state index >= 15 is 0 Å². The second-order valence-electron chi connectivity index (χ2n) is 6.84. The van der Waals surface area contributed by atoms with E-state index in [9.17, 15) is 13.6 Å². The number of carbonyl (C=O) groups is 1. The number of carboxylic acid groups (broad SMARTS) is 1. The maximum absolute atomic E-state index is 14.5. The highest BCUT2D eigenvalue weighted by atomic mass is 35.5. The van der Waals surface area contributed by atoms with E-state index in [1.807, 2.05) is 17.2 Å². The number of hydrogen-bond acceptors (Lipinski definition) is 5. The molecule has 1 aliphatic rings. The van der Waals surface area contributed by atoms with Crippen molar-refractivity contribution in [2.45, 2.75) is 19.8 Å². The van der Waals surface area contributed by atoms with E-state index in [0.717, 1.165) is 28.0 Å². The summed E-state index contributed by atoms with van der Waals surface area (Å²) in [5, 5.41) is 10.6. The zero-order valence-corrected chi connectivity index (χ0v) is 16.9. The first-order valence-corrected chi connectivity index (χ1v) is 10.2. The molecule has 0 unspecified atom stereocenters. The van der Waals surface area contributed by atoms with Crippen molar-refractivity contribution >= 4 is 44.9 Å². The number of piperidine rings is 1. The van der Waals surface area contributed by atoms with Gasteiger partial charge in [0.1, 0.15) is 11.6 Å². The molecule has 0 amide bonds. The van der Waals surface area contributed by atoms with Crippen molar-refractivity contribution in [3.05, 3.63) is 51.4 Å². The molecule has 0 aliphatic carbocycles. The van der Waals surface area contributed by atoms with Crippen LogP contribution in [0.2, 0.25) is 5.02 Å². The lowest BCUT2D eigenvalue weighted by Crippen LogP contribution is -2.31. The minimum absolute atomic E-state index is 0.0517. The summed E-state index contributed by atoms with van der Waals surface area (Å²) in [6.45, 7) is 3.07. The number of anilines is 1. The standard InChI is InChI=1S/C20H16ClF2N3O2S/c1-10-9-29-18-17(10)24-19(12-7-15(23)13(21)8-14(12)22)25-20(18)26-4-2-11(3-5-26)6-16(27)28/h6-9H,2-5H2,1H3,(H,27,28). The van der Waals surface area contributed by atoms with E-state index in [4.69, 9.17) is 16.7 Å². The maximum Gasteiger partial charge on any atom is 0.328 e. The smallest absolute Gasteiger partial charge is 0.328 e. The minimum atomic E-state index is -0.950. The Hall–Kier alpha value is -2.58. The molecule has 1 aliphatic heterocycles. The van der Waals surface area contributed by atoms with Crippen molar-refractivity contribution in [2.24, 2.45) is 0 Å². The third-order valence-electron chi connectivity index (χ3n) is 4.86. The van der Waals surface area contributed by atoms with E-state index in [2.05, 4.69) is 9.97 Å². The van der Waals surface area contributed by atoms with Gasteiger partial charge in [0.2, 0.25) is 0 Å². The molecule has 3 aromatic rings. The van der Waals surface area contributed by atoms with Crippen LogP contribution in [0.5, 0.6) is 0 Å². The molecule has 5 nitrogen and oxygen atoms in total. The normalized spacial score (nSPS) is 14.5. The van der Waals surface area contributed by atoms with Gasteiger partial charge >= 0.3 is 5.97 Å². The largest absolute Gasteiger partial charge is 0.478 e. The molecule has 150 valence electrons. The van der Waals surface area contributed by atoms with Crippen LogP contribution in [0.25, 0.3) is 21.6 Å². The third-order valence-corrected chi connectivity index (χ3v) is 6.23. The number of carboxylic acids is 1. The zero-order valence-electron chi connectivity index (χ0n) is 15.4. The molecular formula is C20H16ClF2N3O2S. The lowest BCUT2D eigenvalue weighted by molar-refractivity contribution is -0.131. The summed E-state index contributed by atoms with van der Waals surface area (Å²) < 4.78 is 29.3. The number of fused-ring (bicyclic) bond motifs is 1. The number of thiophene rings is 1. The van der Waals surface area contributed by atoms with Crippen LogP contribution in [0, 0.1) is 18.6 Å². The Morgan fingerprint density at radius 1 is 1.24 bits per heavy atom. The van der Waals surface area contributed by atoms with E-state index in [0.29, 0.717) is 37.3 Å². The van der Waals surface area contributed by atoms with Crippen molar-refractivity contribution in [1.82, 2.24) is 9.97 Å². The van der Waals surface area contributed by atoms with Gasteiger partial charge in [0, 0.05) is 19.2 Å². The van der Waals surface area contributed by atoms with Crippen LogP contribution < -0.4 is 4.90 Å². The molecule has 29 heavy (non-hydrogen) atoms. The highest BCUT2D eigenvalue weighted by molar-refractivity contribution is 7.18. The molecule has 0 saturated carbocycles. The molecule has 0 radical (unpaired) electrons. The van der Waals surface area contributed by atoms with Gasteiger partial charge in [-0.25, -0.2) is 23.5 Å². The second kappa shape index (κ2) is 7.68. The first-order valence-electron chi connectivity index (χ1n) is 8.91. The summed E-state index contributed by atoms with van der Waals surface area (Å²) >= 11 is 7.16. The number of hydrogen-bond donors (Lipinski definition) is 1. The van der Waals surface area contributed by atoms with E-state index in [1.54, 1.807) is 0 Å². The minimum Gasteiger partial charge on any atom is -0.478 e. The van der Waals surface area contributed by atoms with Gasteiger partial charge in [-0.05, 0) is 42.8 Å². The first kappa shape index (κ1) is 19.7. The van der Waals surface area contributed by atoms with Crippen LogP contribution >= 0.6 is 22.9 Å². The fourth-order valence-electron chi connectivity index (χ4n) is 3.37. The maximum atomic E-state index is 14.5. The van der Waals surface area contributed by atoms with Crippen molar-refractivity contribution in [3.63, 3.8) is 0 Å². The van der Waals surface area contributed by atoms with Crippen molar-refractivity contribution in [3.8, 4) is 11.4 Å². The number of aromatic nitrogens is 2. The van der Waals surface area contributed by atoms with Crippen LogP contribution in [0.15, 0.2) is 29.2 Å². The summed E-state index contributed by atoms with van der Waals surface area (Å²) in [4.78, 5) is 22.0. The van der Waals surface area contributed by atoms with Crippen LogP contribution in [-0.4, -0.2) is 34.1 Å². The average molecular weight is 436 g/mol. The molecule has 4 rings (SSSR count). The SMILES string of the molecule is Cc1csc2c(N3CCC(=CC(=O)O)CC3)nc(-c3cc(F)c(Cl)cc3F)nc12. The molecule has 3 heterocycles. The third kappa shape index (κ3) is 3.82. The van der Waals surface area contributed by atoms with Crippen LogP contribution in [0.3, 0.4) is 0 Å². The summed E-state index contributed by atoms with van der Waals surface area (Å²) in [5.41, 5.74) is 2.43. The molecule has 9 heteroatoms. The number of benzene rings is 1. The Bertz CT molecular complexity index is 1150. The van der Waals surface area contributed by atoms with Crippen LogP contribution in [-0.2, 0) is 4.79 Å². The lowest BCUT2D eigenvalue weighted by atomic mass is 10.0. The Morgan fingerprint density at radius 3 is 2.66 bits per heavy atom. The molecule has 0 bridgehead atoms. The number of halogens is 3. The average Bonchev–Trinajstić information content (AvgIpc) is 3.05. The number of rotatable bonds is 3. The van der Waals surface area contributed by atoms with Crippen molar-refractivity contribution in [1.29, 1.82) is 0 Å². The first-order chi connectivity index (χ1) is 13.8. The summed E-state index contributed by atoms with van der Waals surface area (Å²) in [7, 11) is 0. The zero-order chi connectivity index (χ0) is 20.7. The Morgan fingerprint density at radius 2 is 1.97 bits per heavy atom. The Balaban J connectivity index is 1.79. The van der Waals surface area contributed by atoms with Gasteiger partial charge in [-0.2, -0.15) is 0 Å². The van der Waals surface area contributed by atoms with Gasteiger partial charge in [-0.15, -0.1) is 11.3 Å². The Kier molecular flexibility index (Phi) is 5.23. The monoisotopic (exact) mass is 435 g/mol. The van der Waals surface area contributed by atoms with E-state index in [-0.39, 0.29) is 16.4 Å². The predicted molar refractivity (Wildman–Crippen MR) is 110 cm³/mol. The molecule has 1 N–H and O–H groups in total. The number of aryl methyl sites for hydroxylation is 1. The van der Waals surface area contributed by atoms with Crippen LogP contribution in [0.4, 0.5) is 14.6 Å². The topological polar surface area (TPSA) is 66.3 Å². The molecular weight excluding hydrogens is 420 g/mol. The van der Waals surface area contributed by atoms with Crippen LogP contribution in [0.1, 0.15) is 18.4 Å². The van der Waals surface area contributed by atoms with E-state index < -0.39 is 17.6 Å². The summed E-state index contributed by atoms with van der Waals surface area (Å²) in [6, 6.07) is 1.93. The molecule has 2 aromatic heterocycles. The highest BCUT2D eigenvalue weighted by Gasteiger charge is 2.23. The molecule has 0 spiro atoms. The molecule has 1 fully saturated rings. The van der Waals surface area contributed by atoms with Gasteiger partial charge < -0.3 is 10.0 Å². The highest BCUT2D eigenvalue weighted by Crippen LogP contribution is 2.36. The summed E-state index contributed by atoms with van der Waals surface area (Å²) in [5.74, 6) is -1.65. The molecule has 0 atom stereocenters. The predicted octanol–water partition coefficient (Wildman–Crippen LogP) is 5.21. The Labute approximate surface area is 174 Å². The van der Waals surface area contributed by atoms with Gasteiger partial charge in [-0.1, -0.05) is 17.2 Å². The van der Waals surface area contributed by atoms with E-state index in [1.165, 1.54) is 17.4 Å². The van der Waals surface area contributed by atoms with Gasteiger partial charge in [0.25, 0.3) is 0 Å².